The maximum atomic E-state index is 13.7. The molecule has 0 aliphatic rings. The third-order valence-corrected chi connectivity index (χ3v) is 5.99. The summed E-state index contributed by atoms with van der Waals surface area (Å²) in [5, 5.41) is 4.53. The molecule has 0 spiro atoms. The fourth-order valence-electron chi connectivity index (χ4n) is 2.26. The fraction of sp³-hybridized carbons (Fsp3) is 0. The van der Waals surface area contributed by atoms with Crippen LogP contribution in [-0.2, 0) is 4.57 Å². The van der Waals surface area contributed by atoms with Crippen molar-refractivity contribution in [3.63, 3.8) is 0 Å². The molecule has 4 heteroatoms. The van der Waals surface area contributed by atoms with E-state index in [4.69, 9.17) is 0 Å². The molecule has 3 aromatic rings. The summed E-state index contributed by atoms with van der Waals surface area (Å²) < 4.78 is 26.7. The van der Waals surface area contributed by atoms with Gasteiger partial charge in [0.05, 0.1) is 0 Å². The zero-order chi connectivity index (χ0) is 15.4. The van der Waals surface area contributed by atoms with E-state index < -0.39 is 7.29 Å². The van der Waals surface area contributed by atoms with Crippen molar-refractivity contribution in [2.45, 2.75) is 0 Å². The molecular formula is C18H15FNOP. The Balaban J connectivity index is 2.08. The van der Waals surface area contributed by atoms with E-state index in [1.807, 2.05) is 60.7 Å². The Morgan fingerprint density at radius 3 is 1.59 bits per heavy atom. The summed E-state index contributed by atoms with van der Waals surface area (Å²) in [5.74, 6) is -0.320. The summed E-state index contributed by atoms with van der Waals surface area (Å²) in [6, 6.07) is 24.4. The lowest BCUT2D eigenvalue weighted by atomic mass is 10.3. The first-order valence-corrected chi connectivity index (χ1v) is 8.64. The molecule has 0 saturated carbocycles. The first kappa shape index (κ1) is 14.6. The van der Waals surface area contributed by atoms with Crippen LogP contribution in [0.1, 0.15) is 0 Å². The first-order valence-electron chi connectivity index (χ1n) is 6.94. The Hall–Kier alpha value is -2.38. The third kappa shape index (κ3) is 2.95. The SMILES string of the molecule is O=P(Nc1ccc(F)cc1)(c1ccccc1)c1ccccc1. The number of hydrogen-bond acceptors (Lipinski definition) is 1. The van der Waals surface area contributed by atoms with Gasteiger partial charge in [0.2, 0.25) is 7.29 Å². The van der Waals surface area contributed by atoms with Crippen LogP contribution in [0.3, 0.4) is 0 Å². The Kier molecular flexibility index (Phi) is 4.08. The van der Waals surface area contributed by atoms with Crippen LogP contribution in [0.25, 0.3) is 0 Å². The number of anilines is 1. The van der Waals surface area contributed by atoms with Crippen LogP contribution in [0.15, 0.2) is 84.9 Å². The molecule has 0 aliphatic carbocycles. The first-order chi connectivity index (χ1) is 10.7. The summed E-state index contributed by atoms with van der Waals surface area (Å²) in [4.78, 5) is 0. The second-order valence-electron chi connectivity index (χ2n) is 4.90. The van der Waals surface area contributed by atoms with Gasteiger partial charge < -0.3 is 5.09 Å². The summed E-state index contributed by atoms with van der Waals surface area (Å²) >= 11 is 0. The van der Waals surface area contributed by atoms with E-state index in [2.05, 4.69) is 5.09 Å². The minimum absolute atomic E-state index is 0.320. The number of hydrogen-bond donors (Lipinski definition) is 1. The van der Waals surface area contributed by atoms with E-state index in [1.165, 1.54) is 12.1 Å². The molecule has 0 unspecified atom stereocenters. The van der Waals surface area contributed by atoms with E-state index in [1.54, 1.807) is 12.1 Å². The smallest absolute Gasteiger partial charge is 0.227 e. The van der Waals surface area contributed by atoms with Gasteiger partial charge in [0.25, 0.3) is 0 Å². The maximum Gasteiger partial charge on any atom is 0.227 e. The van der Waals surface area contributed by atoms with E-state index >= 15 is 0 Å². The second-order valence-corrected chi connectivity index (χ2v) is 7.37. The van der Waals surface area contributed by atoms with Gasteiger partial charge in [0.1, 0.15) is 5.82 Å². The van der Waals surface area contributed by atoms with Gasteiger partial charge in [-0.1, -0.05) is 36.4 Å². The van der Waals surface area contributed by atoms with Crippen LogP contribution in [0.2, 0.25) is 0 Å². The van der Waals surface area contributed by atoms with Crippen molar-refractivity contribution < 1.29 is 8.96 Å². The van der Waals surface area contributed by atoms with Gasteiger partial charge in [-0.05, 0) is 48.5 Å². The Morgan fingerprint density at radius 1 is 0.682 bits per heavy atom. The number of halogens is 1. The van der Waals surface area contributed by atoms with E-state index in [0.29, 0.717) is 16.3 Å². The molecule has 0 aromatic heterocycles. The van der Waals surface area contributed by atoms with E-state index in [-0.39, 0.29) is 5.82 Å². The Morgan fingerprint density at radius 2 is 1.14 bits per heavy atom. The van der Waals surface area contributed by atoms with Crippen molar-refractivity contribution in [1.29, 1.82) is 0 Å². The summed E-state index contributed by atoms with van der Waals surface area (Å²) in [6.07, 6.45) is 0. The van der Waals surface area contributed by atoms with E-state index in [9.17, 15) is 8.96 Å². The Bertz CT molecular complexity index is 745. The van der Waals surface area contributed by atoms with Gasteiger partial charge >= 0.3 is 0 Å². The molecule has 0 amide bonds. The average Bonchev–Trinajstić information content (AvgIpc) is 2.58. The number of benzene rings is 3. The van der Waals surface area contributed by atoms with Crippen LogP contribution >= 0.6 is 7.29 Å². The van der Waals surface area contributed by atoms with Crippen LogP contribution in [0.5, 0.6) is 0 Å². The monoisotopic (exact) mass is 311 g/mol. The summed E-state index contributed by atoms with van der Waals surface area (Å²) in [5.41, 5.74) is 0.623. The van der Waals surface area contributed by atoms with Crippen LogP contribution in [-0.4, -0.2) is 0 Å². The molecule has 0 radical (unpaired) electrons. The lowest BCUT2D eigenvalue weighted by molar-refractivity contribution is 0.590. The number of nitrogens with one attached hydrogen (secondary N) is 1. The van der Waals surface area contributed by atoms with Gasteiger partial charge in [0.15, 0.2) is 0 Å². The molecule has 0 bridgehead atoms. The van der Waals surface area contributed by atoms with Gasteiger partial charge in [-0.15, -0.1) is 0 Å². The Labute approximate surface area is 129 Å². The highest BCUT2D eigenvalue weighted by Crippen LogP contribution is 2.43. The molecular weight excluding hydrogens is 296 g/mol. The molecule has 0 heterocycles. The van der Waals surface area contributed by atoms with Gasteiger partial charge in [0, 0.05) is 16.3 Å². The van der Waals surface area contributed by atoms with Crippen LogP contribution in [0.4, 0.5) is 10.1 Å². The zero-order valence-corrected chi connectivity index (χ0v) is 12.7. The predicted octanol–water partition coefficient (Wildman–Crippen LogP) is 4.17. The van der Waals surface area contributed by atoms with Crippen molar-refractivity contribution in [2.24, 2.45) is 0 Å². The van der Waals surface area contributed by atoms with Gasteiger partial charge in [-0.2, -0.15) is 0 Å². The highest BCUT2D eigenvalue weighted by atomic mass is 31.2. The fourth-order valence-corrected chi connectivity index (χ4v) is 4.51. The van der Waals surface area contributed by atoms with Crippen LogP contribution < -0.4 is 15.7 Å². The van der Waals surface area contributed by atoms with Crippen molar-refractivity contribution in [2.75, 3.05) is 5.09 Å². The molecule has 110 valence electrons. The zero-order valence-electron chi connectivity index (χ0n) is 11.8. The molecule has 0 aliphatic heterocycles. The molecule has 3 rings (SSSR count). The largest absolute Gasteiger partial charge is 0.329 e. The molecule has 0 atom stereocenters. The standard InChI is InChI=1S/C18H15FNOP/c19-15-11-13-16(14-12-15)20-22(21,17-7-3-1-4-8-17)18-9-5-2-6-10-18/h1-14H,(H,20,21). The van der Waals surface area contributed by atoms with Gasteiger partial charge in [-0.3, -0.25) is 4.57 Å². The number of rotatable bonds is 4. The molecule has 0 fully saturated rings. The quantitative estimate of drug-likeness (QED) is 0.733. The van der Waals surface area contributed by atoms with Gasteiger partial charge in [-0.25, -0.2) is 4.39 Å². The van der Waals surface area contributed by atoms with Crippen molar-refractivity contribution in [3.05, 3.63) is 90.7 Å². The second kappa shape index (κ2) is 6.17. The van der Waals surface area contributed by atoms with Crippen molar-refractivity contribution >= 4 is 23.6 Å². The molecule has 0 saturated heterocycles. The maximum absolute atomic E-state index is 13.7. The molecule has 2 nitrogen and oxygen atoms in total. The lowest BCUT2D eigenvalue weighted by Crippen LogP contribution is -2.21. The topological polar surface area (TPSA) is 29.1 Å². The molecule has 1 N–H and O–H groups in total. The molecule has 22 heavy (non-hydrogen) atoms. The summed E-state index contributed by atoms with van der Waals surface area (Å²) in [6.45, 7) is 0. The van der Waals surface area contributed by atoms with Crippen molar-refractivity contribution in [3.8, 4) is 0 Å². The highest BCUT2D eigenvalue weighted by molar-refractivity contribution is 7.80. The van der Waals surface area contributed by atoms with E-state index in [0.717, 1.165) is 0 Å². The summed E-state index contributed by atoms with van der Waals surface area (Å²) in [7, 11) is -3.03. The minimum atomic E-state index is -3.03. The third-order valence-electron chi connectivity index (χ3n) is 3.37. The van der Waals surface area contributed by atoms with Crippen molar-refractivity contribution in [1.82, 2.24) is 0 Å². The normalized spacial score (nSPS) is 11.1. The lowest BCUT2D eigenvalue weighted by Gasteiger charge is -2.21. The highest BCUT2D eigenvalue weighted by Gasteiger charge is 2.26. The predicted molar refractivity (Wildman–Crippen MR) is 89.8 cm³/mol. The minimum Gasteiger partial charge on any atom is -0.329 e. The average molecular weight is 311 g/mol. The van der Waals surface area contributed by atoms with Crippen LogP contribution in [0, 0.1) is 5.82 Å². The molecule has 3 aromatic carbocycles.